The summed E-state index contributed by atoms with van der Waals surface area (Å²) in [6.45, 7) is 4.12. The maximum atomic E-state index is 12.4. The zero-order valence-corrected chi connectivity index (χ0v) is 14.2. The summed E-state index contributed by atoms with van der Waals surface area (Å²) in [5.41, 5.74) is 7.74. The van der Waals surface area contributed by atoms with Crippen molar-refractivity contribution in [3.05, 3.63) is 52.5 Å². The molecule has 0 fully saturated rings. The maximum absolute atomic E-state index is 12.4. The lowest BCUT2D eigenvalue weighted by molar-refractivity contribution is 0.601. The van der Waals surface area contributed by atoms with Crippen LogP contribution in [0.4, 0.5) is 11.4 Å². The quantitative estimate of drug-likeness (QED) is 0.802. The van der Waals surface area contributed by atoms with Crippen molar-refractivity contribution in [3.63, 3.8) is 0 Å². The van der Waals surface area contributed by atoms with Crippen molar-refractivity contribution in [1.29, 1.82) is 0 Å². The van der Waals surface area contributed by atoms with Gasteiger partial charge < -0.3 is 5.73 Å². The van der Waals surface area contributed by atoms with Gasteiger partial charge in [-0.3, -0.25) is 4.72 Å². The fourth-order valence-electron chi connectivity index (χ4n) is 1.86. The molecule has 0 heterocycles. The molecule has 0 aromatic heterocycles. The number of nitrogen functional groups attached to an aromatic ring is 1. The Morgan fingerprint density at radius 3 is 2.48 bits per heavy atom. The van der Waals surface area contributed by atoms with Gasteiger partial charge in [0.15, 0.2) is 0 Å². The summed E-state index contributed by atoms with van der Waals surface area (Å²) in [6, 6.07) is 11.9. The molecule has 21 heavy (non-hydrogen) atoms. The zero-order chi connectivity index (χ0) is 15.6. The van der Waals surface area contributed by atoms with Crippen LogP contribution < -0.4 is 10.5 Å². The molecule has 0 bridgehead atoms. The number of hydrogen-bond donors (Lipinski definition) is 2. The van der Waals surface area contributed by atoms with E-state index >= 15 is 0 Å². The van der Waals surface area contributed by atoms with Crippen LogP contribution in [-0.4, -0.2) is 8.42 Å². The van der Waals surface area contributed by atoms with Crippen LogP contribution in [0.15, 0.2) is 51.8 Å². The lowest BCUT2D eigenvalue weighted by Crippen LogP contribution is -2.13. The monoisotopic (exact) mass is 368 g/mol. The van der Waals surface area contributed by atoms with E-state index in [0.29, 0.717) is 21.8 Å². The van der Waals surface area contributed by atoms with Gasteiger partial charge in [-0.1, -0.05) is 26.0 Å². The van der Waals surface area contributed by atoms with Crippen LogP contribution in [0.25, 0.3) is 0 Å². The molecule has 0 radical (unpaired) electrons. The topological polar surface area (TPSA) is 72.2 Å². The molecule has 0 saturated heterocycles. The third kappa shape index (κ3) is 3.77. The van der Waals surface area contributed by atoms with Crippen molar-refractivity contribution in [1.82, 2.24) is 0 Å². The van der Waals surface area contributed by atoms with Gasteiger partial charge in [-0.25, -0.2) is 8.42 Å². The van der Waals surface area contributed by atoms with Crippen LogP contribution in [-0.2, 0) is 10.0 Å². The Labute approximate surface area is 133 Å². The largest absolute Gasteiger partial charge is 0.398 e. The minimum absolute atomic E-state index is 0.137. The normalized spacial score (nSPS) is 11.6. The number of nitrogens with two attached hydrogens (primary N) is 1. The summed E-state index contributed by atoms with van der Waals surface area (Å²) >= 11 is 3.25. The summed E-state index contributed by atoms with van der Waals surface area (Å²) in [6.07, 6.45) is 0. The lowest BCUT2D eigenvalue weighted by Gasteiger charge is -2.11. The van der Waals surface area contributed by atoms with Crippen molar-refractivity contribution in [2.24, 2.45) is 0 Å². The number of benzene rings is 2. The molecule has 0 aliphatic heterocycles. The minimum Gasteiger partial charge on any atom is -0.398 e. The average molecular weight is 369 g/mol. The zero-order valence-electron chi connectivity index (χ0n) is 11.8. The number of nitrogens with one attached hydrogen (secondary N) is 1. The van der Waals surface area contributed by atoms with E-state index in [0.717, 1.165) is 5.56 Å². The van der Waals surface area contributed by atoms with Gasteiger partial charge >= 0.3 is 0 Å². The second-order valence-electron chi connectivity index (χ2n) is 5.07. The van der Waals surface area contributed by atoms with E-state index in [1.807, 2.05) is 18.2 Å². The van der Waals surface area contributed by atoms with E-state index in [1.54, 1.807) is 12.1 Å². The number of anilines is 2. The second-order valence-corrected chi connectivity index (χ2v) is 7.61. The highest BCUT2D eigenvalue weighted by Crippen LogP contribution is 2.25. The SMILES string of the molecule is CC(C)c1cccc(NS(=O)(=O)c2ccc(Br)c(N)c2)c1. The third-order valence-corrected chi connectivity index (χ3v) is 5.18. The first-order chi connectivity index (χ1) is 9.79. The highest BCUT2D eigenvalue weighted by Gasteiger charge is 2.15. The molecule has 0 aliphatic rings. The predicted molar refractivity (Wildman–Crippen MR) is 89.9 cm³/mol. The standard InChI is InChI=1S/C15H17BrN2O2S/c1-10(2)11-4-3-5-12(8-11)18-21(19,20)13-6-7-14(16)15(17)9-13/h3-10,18H,17H2,1-2H3. The van der Waals surface area contributed by atoms with E-state index in [2.05, 4.69) is 34.5 Å². The Hall–Kier alpha value is -1.53. The molecule has 0 unspecified atom stereocenters. The molecular formula is C15H17BrN2O2S. The molecule has 112 valence electrons. The van der Waals surface area contributed by atoms with E-state index in [1.165, 1.54) is 12.1 Å². The van der Waals surface area contributed by atoms with Gasteiger partial charge in [-0.2, -0.15) is 0 Å². The van der Waals surface area contributed by atoms with Crippen LogP contribution in [0.3, 0.4) is 0 Å². The van der Waals surface area contributed by atoms with E-state index in [9.17, 15) is 8.42 Å². The molecular weight excluding hydrogens is 352 g/mol. The Balaban J connectivity index is 2.33. The molecule has 2 aromatic rings. The number of hydrogen-bond acceptors (Lipinski definition) is 3. The maximum Gasteiger partial charge on any atom is 0.261 e. The van der Waals surface area contributed by atoms with Crippen LogP contribution in [0, 0.1) is 0 Å². The van der Waals surface area contributed by atoms with Gasteiger partial charge in [0.1, 0.15) is 0 Å². The van der Waals surface area contributed by atoms with Crippen LogP contribution in [0.1, 0.15) is 25.3 Å². The summed E-state index contributed by atoms with van der Waals surface area (Å²) < 4.78 is 28.0. The fourth-order valence-corrected chi connectivity index (χ4v) is 3.20. The Morgan fingerprint density at radius 1 is 1.14 bits per heavy atom. The fraction of sp³-hybridized carbons (Fsp3) is 0.200. The third-order valence-electron chi connectivity index (χ3n) is 3.08. The van der Waals surface area contributed by atoms with Crippen molar-refractivity contribution in [3.8, 4) is 0 Å². The molecule has 0 saturated carbocycles. The molecule has 4 nitrogen and oxygen atoms in total. The minimum atomic E-state index is -3.65. The first-order valence-corrected chi connectivity index (χ1v) is 8.75. The molecule has 6 heteroatoms. The Bertz CT molecular complexity index is 758. The lowest BCUT2D eigenvalue weighted by atomic mass is 10.0. The summed E-state index contributed by atoms with van der Waals surface area (Å²) in [5, 5.41) is 0. The van der Waals surface area contributed by atoms with Crippen LogP contribution in [0.2, 0.25) is 0 Å². The summed E-state index contributed by atoms with van der Waals surface area (Å²) in [4.78, 5) is 0.137. The molecule has 0 aliphatic carbocycles. The van der Waals surface area contributed by atoms with E-state index in [4.69, 9.17) is 5.73 Å². The number of rotatable bonds is 4. The van der Waals surface area contributed by atoms with Crippen LogP contribution >= 0.6 is 15.9 Å². The number of sulfonamides is 1. The molecule has 2 aromatic carbocycles. The smallest absolute Gasteiger partial charge is 0.261 e. The van der Waals surface area contributed by atoms with Gasteiger partial charge in [0, 0.05) is 15.8 Å². The van der Waals surface area contributed by atoms with Gasteiger partial charge in [-0.05, 0) is 57.7 Å². The van der Waals surface area contributed by atoms with Gasteiger partial charge in [0.2, 0.25) is 0 Å². The van der Waals surface area contributed by atoms with Crippen molar-refractivity contribution >= 4 is 37.3 Å². The van der Waals surface area contributed by atoms with E-state index in [-0.39, 0.29) is 4.90 Å². The molecule has 0 atom stereocenters. The predicted octanol–water partition coefficient (Wildman–Crippen LogP) is 3.96. The van der Waals surface area contributed by atoms with Gasteiger partial charge in [0.05, 0.1) is 4.90 Å². The summed E-state index contributed by atoms with van der Waals surface area (Å²) in [7, 11) is -3.65. The average Bonchev–Trinajstić information content (AvgIpc) is 2.41. The number of halogens is 1. The van der Waals surface area contributed by atoms with Gasteiger partial charge in [0.25, 0.3) is 10.0 Å². The van der Waals surface area contributed by atoms with E-state index < -0.39 is 10.0 Å². The molecule has 0 amide bonds. The van der Waals surface area contributed by atoms with Crippen LogP contribution in [0.5, 0.6) is 0 Å². The molecule has 2 rings (SSSR count). The molecule has 3 N–H and O–H groups in total. The van der Waals surface area contributed by atoms with Crippen molar-refractivity contribution in [2.45, 2.75) is 24.7 Å². The Morgan fingerprint density at radius 2 is 1.86 bits per heavy atom. The van der Waals surface area contributed by atoms with Gasteiger partial charge in [-0.15, -0.1) is 0 Å². The highest BCUT2D eigenvalue weighted by atomic mass is 79.9. The first kappa shape index (κ1) is 15.9. The second kappa shape index (κ2) is 6.07. The van der Waals surface area contributed by atoms with Crippen molar-refractivity contribution in [2.75, 3.05) is 10.5 Å². The first-order valence-electron chi connectivity index (χ1n) is 6.47. The Kier molecular flexibility index (Phi) is 4.58. The summed E-state index contributed by atoms with van der Waals surface area (Å²) in [5.74, 6) is 0.331. The molecule has 0 spiro atoms. The van der Waals surface area contributed by atoms with Crippen molar-refractivity contribution < 1.29 is 8.42 Å². The highest BCUT2D eigenvalue weighted by molar-refractivity contribution is 9.10.